The number of amides is 2. The number of hydrogen-bond donors (Lipinski definition) is 2. The zero-order valence-corrected chi connectivity index (χ0v) is 50.1. The van der Waals surface area contributed by atoms with Gasteiger partial charge in [0.25, 0.3) is 0 Å². The number of esters is 2. The smallest absolute Gasteiger partial charge is 0.311 e. The minimum atomic E-state index is -0.276. The van der Waals surface area contributed by atoms with Crippen molar-refractivity contribution in [3.8, 4) is 11.5 Å². The third kappa shape index (κ3) is 42.5. The molecule has 0 saturated carbocycles. The first kappa shape index (κ1) is 70.8. The molecule has 1 atom stereocenters. The Balaban J connectivity index is 0.000000553. The Morgan fingerprint density at radius 2 is 0.950 bits per heavy atom. The van der Waals surface area contributed by atoms with E-state index in [2.05, 4.69) is 131 Å². The minimum absolute atomic E-state index is 0.00625. The van der Waals surface area contributed by atoms with Crippen molar-refractivity contribution in [1.82, 2.24) is 20.4 Å². The van der Waals surface area contributed by atoms with Crippen LogP contribution in [0.5, 0.6) is 11.5 Å². The molecule has 0 radical (unpaired) electrons. The number of unbranched alkanes of at least 4 members (excludes halogenated alkanes) is 8. The molecule has 448 valence electrons. The second-order valence-corrected chi connectivity index (χ2v) is 20.5. The summed E-state index contributed by atoms with van der Waals surface area (Å²) in [6.07, 6.45) is 57.9. The molecule has 2 amide bonds. The standard InChI is InChI=1S/C36H54N2O5.C31H52N2O4/c1-3-4-5-6-7-8-9-10-11-12-13-14-15-16-17-18-19-21-35(39)37-31-32-23-24-33(34(30-32)41-2)43-36(40)22-20-25-38-26-28-42-29-27-38;1-3-4-5-6-7-8-9-10-11-12-13-14-15-16-17-18-19-21-30(34)32-29(2)28-37-31(35)22-20-23-33-24-26-36-27-25-33/h7-8,10-11,13-14,16-17,23-24,30H,3-6,9,12,15,18-22,25-29,31H2,1-2H3,(H,37,39);7-8,10-11,13-14,16-17,29H,3-6,9,12,15,18-28H2,1-2H3,(H,32,34)/b2*8-7-,11-10-,14-13-,17-16-/t;29-/m.1/s1. The van der Waals surface area contributed by atoms with Crippen molar-refractivity contribution in [3.63, 3.8) is 0 Å². The Hall–Kier alpha value is -5.34. The SMILES string of the molecule is CCCCC/C=C\C/C=C\C/C=C\C/C=C\CCCC(=O)NCc1ccc(OC(=O)CCCN2CCOCC2)c(OC)c1.CCCCC/C=C\C/C=C\C/C=C\C/C=C\CCCC(=O)N[C@H](C)COC(=O)CCCN1CCOCC1. The Morgan fingerprint density at radius 3 is 1.40 bits per heavy atom. The number of hydrogen-bond acceptors (Lipinski definition) is 11. The van der Waals surface area contributed by atoms with Gasteiger partial charge >= 0.3 is 11.9 Å². The second kappa shape index (κ2) is 51.8. The fourth-order valence-corrected chi connectivity index (χ4v) is 8.47. The first-order valence-electron chi connectivity index (χ1n) is 30.6. The normalized spacial score (nSPS) is 15.1. The quantitative estimate of drug-likeness (QED) is 0.0279. The van der Waals surface area contributed by atoms with Crippen LogP contribution in [-0.4, -0.2) is 119 Å². The molecule has 0 aromatic heterocycles. The van der Waals surface area contributed by atoms with Crippen molar-refractivity contribution in [2.75, 3.05) is 79.4 Å². The fraction of sp³-hybridized carbons (Fsp3) is 0.612. The van der Waals surface area contributed by atoms with Gasteiger partial charge in [-0.25, -0.2) is 0 Å². The van der Waals surface area contributed by atoms with Crippen LogP contribution >= 0.6 is 0 Å². The number of morpholine rings is 2. The molecule has 80 heavy (non-hydrogen) atoms. The summed E-state index contributed by atoms with van der Waals surface area (Å²) in [5.41, 5.74) is 0.887. The lowest BCUT2D eigenvalue weighted by Gasteiger charge is -2.26. The van der Waals surface area contributed by atoms with E-state index in [0.717, 1.165) is 148 Å². The van der Waals surface area contributed by atoms with E-state index in [9.17, 15) is 19.2 Å². The van der Waals surface area contributed by atoms with Crippen LogP contribution in [0.15, 0.2) is 115 Å². The maximum atomic E-state index is 12.3. The van der Waals surface area contributed by atoms with Crippen molar-refractivity contribution in [3.05, 3.63) is 121 Å². The second-order valence-electron chi connectivity index (χ2n) is 20.5. The maximum Gasteiger partial charge on any atom is 0.311 e. The molecule has 0 bridgehead atoms. The van der Waals surface area contributed by atoms with E-state index < -0.39 is 0 Å². The van der Waals surface area contributed by atoms with E-state index >= 15 is 0 Å². The number of carbonyl (C=O) groups excluding carboxylic acids is 4. The van der Waals surface area contributed by atoms with Crippen LogP contribution < -0.4 is 20.1 Å². The Labute approximate surface area is 484 Å². The molecule has 3 rings (SSSR count). The molecule has 1 aromatic carbocycles. The zero-order valence-electron chi connectivity index (χ0n) is 50.1. The van der Waals surface area contributed by atoms with Crippen LogP contribution in [0.1, 0.15) is 180 Å². The van der Waals surface area contributed by atoms with Crippen LogP contribution in [0, 0.1) is 0 Å². The summed E-state index contributed by atoms with van der Waals surface area (Å²) in [4.78, 5) is 53.2. The molecule has 0 spiro atoms. The predicted octanol–water partition coefficient (Wildman–Crippen LogP) is 13.8. The molecule has 13 nitrogen and oxygen atoms in total. The number of nitrogens with one attached hydrogen (secondary N) is 2. The Kier molecular flexibility index (Phi) is 45.8. The van der Waals surface area contributed by atoms with Crippen molar-refractivity contribution in [2.45, 2.75) is 187 Å². The molecule has 2 heterocycles. The van der Waals surface area contributed by atoms with E-state index in [0.29, 0.717) is 43.7 Å². The van der Waals surface area contributed by atoms with E-state index in [-0.39, 0.29) is 36.4 Å². The average molecular weight is 1110 g/mol. The number of rotatable bonds is 43. The average Bonchev–Trinajstić information content (AvgIpc) is 3.46. The molecule has 1 aromatic rings. The van der Waals surface area contributed by atoms with Gasteiger partial charge in [-0.3, -0.25) is 29.0 Å². The van der Waals surface area contributed by atoms with Crippen molar-refractivity contribution >= 4 is 23.8 Å². The number of methoxy groups -OCH3 is 1. The number of carbonyl (C=O) groups is 4. The monoisotopic (exact) mass is 1110 g/mol. The summed E-state index contributed by atoms with van der Waals surface area (Å²) in [7, 11) is 1.55. The van der Waals surface area contributed by atoms with Gasteiger partial charge < -0.3 is 34.3 Å². The number of benzene rings is 1. The summed E-state index contributed by atoms with van der Waals surface area (Å²) in [5.74, 6) is 0.427. The van der Waals surface area contributed by atoms with Crippen LogP contribution in [0.25, 0.3) is 0 Å². The predicted molar refractivity (Wildman–Crippen MR) is 329 cm³/mol. The lowest BCUT2D eigenvalue weighted by atomic mass is 10.1. The summed E-state index contributed by atoms with van der Waals surface area (Å²) in [5, 5.41) is 5.88. The molecule has 0 aliphatic carbocycles. The Morgan fingerprint density at radius 1 is 0.525 bits per heavy atom. The summed E-state index contributed by atoms with van der Waals surface area (Å²) >= 11 is 0. The van der Waals surface area contributed by atoms with Crippen LogP contribution in [0.2, 0.25) is 0 Å². The number of nitrogens with zero attached hydrogens (tertiary/aromatic N) is 2. The van der Waals surface area contributed by atoms with Gasteiger partial charge in [0.15, 0.2) is 11.5 Å². The lowest BCUT2D eigenvalue weighted by Crippen LogP contribution is -2.37. The maximum absolute atomic E-state index is 12.3. The van der Waals surface area contributed by atoms with Gasteiger partial charge in [0.2, 0.25) is 11.8 Å². The largest absolute Gasteiger partial charge is 0.493 e. The fourth-order valence-electron chi connectivity index (χ4n) is 8.47. The molecule has 2 N–H and O–H groups in total. The van der Waals surface area contributed by atoms with Gasteiger partial charge in [-0.1, -0.05) is 143 Å². The molecule has 2 saturated heterocycles. The zero-order chi connectivity index (χ0) is 57.6. The minimum Gasteiger partial charge on any atom is -0.493 e. The summed E-state index contributed by atoms with van der Waals surface area (Å²) < 4.78 is 27.0. The topological polar surface area (TPSA) is 145 Å². The van der Waals surface area contributed by atoms with Crippen molar-refractivity contribution in [1.29, 1.82) is 0 Å². The third-order valence-electron chi connectivity index (χ3n) is 13.2. The van der Waals surface area contributed by atoms with Crippen LogP contribution in [-0.2, 0) is 39.9 Å². The number of ether oxygens (including phenoxy) is 5. The summed E-state index contributed by atoms with van der Waals surface area (Å²) in [6, 6.07) is 5.20. The molecule has 2 aliphatic heterocycles. The van der Waals surface area contributed by atoms with Gasteiger partial charge in [0.1, 0.15) is 6.61 Å². The first-order valence-corrected chi connectivity index (χ1v) is 30.6. The van der Waals surface area contributed by atoms with E-state index in [4.69, 9.17) is 23.7 Å². The number of allylic oxidation sites excluding steroid dienone is 16. The molecule has 13 heteroatoms. The Bertz CT molecular complexity index is 1990. The van der Waals surface area contributed by atoms with Gasteiger partial charge in [0, 0.05) is 58.4 Å². The highest BCUT2D eigenvalue weighted by Crippen LogP contribution is 2.28. The molecule has 2 aliphatic rings. The molecule has 0 unspecified atom stereocenters. The van der Waals surface area contributed by atoms with Gasteiger partial charge in [0.05, 0.1) is 39.6 Å². The van der Waals surface area contributed by atoms with Crippen LogP contribution in [0.3, 0.4) is 0 Å². The van der Waals surface area contributed by atoms with Crippen LogP contribution in [0.4, 0.5) is 0 Å². The van der Waals surface area contributed by atoms with Gasteiger partial charge in [-0.05, 0) is 140 Å². The van der Waals surface area contributed by atoms with Gasteiger partial charge in [-0.2, -0.15) is 0 Å². The highest BCUT2D eigenvalue weighted by atomic mass is 16.6. The highest BCUT2D eigenvalue weighted by Gasteiger charge is 2.16. The van der Waals surface area contributed by atoms with E-state index in [1.54, 1.807) is 19.2 Å². The van der Waals surface area contributed by atoms with E-state index in [1.165, 1.54) is 51.4 Å². The van der Waals surface area contributed by atoms with Crippen molar-refractivity contribution < 1.29 is 42.9 Å². The summed E-state index contributed by atoms with van der Waals surface area (Å²) in [6.45, 7) is 15.4. The molecule has 2 fully saturated rings. The van der Waals surface area contributed by atoms with Crippen molar-refractivity contribution in [2.24, 2.45) is 0 Å². The highest BCUT2D eigenvalue weighted by molar-refractivity contribution is 5.76. The van der Waals surface area contributed by atoms with Gasteiger partial charge in [-0.15, -0.1) is 0 Å². The van der Waals surface area contributed by atoms with E-state index in [1.807, 2.05) is 13.0 Å². The third-order valence-corrected chi connectivity index (χ3v) is 13.2. The first-order chi connectivity index (χ1) is 39.2. The molecular formula is C67H106N4O9. The molecular weight excluding hydrogens is 1000 g/mol. The lowest BCUT2D eigenvalue weighted by molar-refractivity contribution is -0.145.